The third-order valence-corrected chi connectivity index (χ3v) is 3.50. The summed E-state index contributed by atoms with van der Waals surface area (Å²) >= 11 is 1.69. The van der Waals surface area contributed by atoms with Gasteiger partial charge in [-0.1, -0.05) is 13.8 Å². The molecule has 2 aromatic heterocycles. The topological polar surface area (TPSA) is 63.8 Å². The summed E-state index contributed by atoms with van der Waals surface area (Å²) in [5.74, 6) is 7.44. The molecule has 2 rings (SSSR count). The van der Waals surface area contributed by atoms with E-state index >= 15 is 0 Å². The molecule has 0 aliphatic rings. The van der Waals surface area contributed by atoms with Crippen molar-refractivity contribution >= 4 is 17.2 Å². The number of hydrogen-bond acceptors (Lipinski definition) is 5. The Bertz CT molecular complexity index is 534. The molecule has 0 atom stereocenters. The van der Waals surface area contributed by atoms with Crippen molar-refractivity contribution in [3.63, 3.8) is 0 Å². The average molecular weight is 262 g/mol. The standard InChI is InChI=1S/C13H18N4S/c1-8(2)6-10-7-12(17-14)16-13(15-10)11-5-4-9(3)18-11/h4-5,7-8H,6,14H2,1-3H3,(H,15,16,17). The second kappa shape index (κ2) is 5.46. The van der Waals surface area contributed by atoms with Gasteiger partial charge in [-0.15, -0.1) is 11.3 Å². The SMILES string of the molecule is Cc1ccc(-c2nc(CC(C)C)cc(NN)n2)s1. The van der Waals surface area contributed by atoms with Crippen LogP contribution in [0.2, 0.25) is 0 Å². The number of aromatic nitrogens is 2. The lowest BCUT2D eigenvalue weighted by Gasteiger charge is -2.08. The van der Waals surface area contributed by atoms with Crippen LogP contribution in [0.5, 0.6) is 0 Å². The maximum absolute atomic E-state index is 5.46. The maximum Gasteiger partial charge on any atom is 0.171 e. The molecule has 0 unspecified atom stereocenters. The Labute approximate surface area is 111 Å². The molecular weight excluding hydrogens is 244 g/mol. The molecule has 0 amide bonds. The fourth-order valence-corrected chi connectivity index (χ4v) is 2.56. The Morgan fingerprint density at radius 1 is 1.33 bits per heavy atom. The number of nitrogens with two attached hydrogens (primary N) is 1. The van der Waals surface area contributed by atoms with Crippen LogP contribution in [0, 0.1) is 12.8 Å². The predicted octanol–water partition coefficient (Wildman–Crippen LogP) is 3.00. The van der Waals surface area contributed by atoms with E-state index in [1.165, 1.54) is 4.88 Å². The van der Waals surface area contributed by atoms with E-state index in [-0.39, 0.29) is 0 Å². The molecule has 0 spiro atoms. The lowest BCUT2D eigenvalue weighted by molar-refractivity contribution is 0.635. The molecule has 0 saturated carbocycles. The number of rotatable bonds is 4. The highest BCUT2D eigenvalue weighted by Gasteiger charge is 2.09. The second-order valence-corrected chi connectivity index (χ2v) is 6.01. The normalized spacial score (nSPS) is 10.9. The summed E-state index contributed by atoms with van der Waals surface area (Å²) in [7, 11) is 0. The third-order valence-electron chi connectivity index (χ3n) is 2.51. The van der Waals surface area contributed by atoms with E-state index in [9.17, 15) is 0 Å². The van der Waals surface area contributed by atoms with Gasteiger partial charge in [0.25, 0.3) is 0 Å². The Kier molecular flexibility index (Phi) is 3.93. The van der Waals surface area contributed by atoms with Gasteiger partial charge in [0.2, 0.25) is 0 Å². The average Bonchev–Trinajstić information content (AvgIpc) is 2.74. The highest BCUT2D eigenvalue weighted by Crippen LogP contribution is 2.26. The summed E-state index contributed by atoms with van der Waals surface area (Å²) in [4.78, 5) is 11.3. The second-order valence-electron chi connectivity index (χ2n) is 4.72. The van der Waals surface area contributed by atoms with Gasteiger partial charge in [-0.25, -0.2) is 15.8 Å². The Morgan fingerprint density at radius 2 is 2.11 bits per heavy atom. The highest BCUT2D eigenvalue weighted by molar-refractivity contribution is 7.15. The van der Waals surface area contributed by atoms with Crippen molar-refractivity contribution in [2.75, 3.05) is 5.43 Å². The van der Waals surface area contributed by atoms with E-state index in [0.717, 1.165) is 22.8 Å². The van der Waals surface area contributed by atoms with Gasteiger partial charge in [0.15, 0.2) is 5.82 Å². The smallest absolute Gasteiger partial charge is 0.171 e. The molecule has 0 aromatic carbocycles. The van der Waals surface area contributed by atoms with E-state index in [0.29, 0.717) is 11.7 Å². The minimum atomic E-state index is 0.559. The van der Waals surface area contributed by atoms with Gasteiger partial charge in [0.1, 0.15) is 5.82 Å². The molecule has 5 heteroatoms. The van der Waals surface area contributed by atoms with Gasteiger partial charge in [-0.2, -0.15) is 0 Å². The van der Waals surface area contributed by atoms with E-state index in [1.54, 1.807) is 11.3 Å². The van der Waals surface area contributed by atoms with Gasteiger partial charge < -0.3 is 5.43 Å². The van der Waals surface area contributed by atoms with Crippen molar-refractivity contribution in [3.05, 3.63) is 28.8 Å². The number of nitrogens with zero attached hydrogens (tertiary/aromatic N) is 2. The summed E-state index contributed by atoms with van der Waals surface area (Å²) in [6.07, 6.45) is 0.925. The van der Waals surface area contributed by atoms with E-state index < -0.39 is 0 Å². The molecule has 0 bridgehead atoms. The quantitative estimate of drug-likeness (QED) is 0.656. The van der Waals surface area contributed by atoms with Gasteiger partial charge in [0.05, 0.1) is 4.88 Å². The van der Waals surface area contributed by atoms with Crippen LogP contribution >= 0.6 is 11.3 Å². The minimum absolute atomic E-state index is 0.559. The first-order valence-corrected chi connectivity index (χ1v) is 6.81. The Balaban J connectivity index is 2.40. The lowest BCUT2D eigenvalue weighted by atomic mass is 10.1. The number of hydrazine groups is 1. The van der Waals surface area contributed by atoms with E-state index in [4.69, 9.17) is 5.84 Å². The molecule has 0 fully saturated rings. The van der Waals surface area contributed by atoms with E-state index in [1.807, 2.05) is 6.07 Å². The zero-order valence-electron chi connectivity index (χ0n) is 10.9. The van der Waals surface area contributed by atoms with Crippen LogP contribution in [-0.2, 0) is 6.42 Å². The summed E-state index contributed by atoms with van der Waals surface area (Å²) < 4.78 is 0. The Hall–Kier alpha value is -1.46. The fraction of sp³-hybridized carbons (Fsp3) is 0.385. The molecule has 0 aliphatic carbocycles. The van der Waals surface area contributed by atoms with Gasteiger partial charge >= 0.3 is 0 Å². The van der Waals surface area contributed by atoms with Crippen molar-refractivity contribution < 1.29 is 0 Å². The number of thiophene rings is 1. The van der Waals surface area contributed by atoms with Crippen LogP contribution in [0.25, 0.3) is 10.7 Å². The summed E-state index contributed by atoms with van der Waals surface area (Å²) in [6, 6.07) is 6.03. The monoisotopic (exact) mass is 262 g/mol. The largest absolute Gasteiger partial charge is 0.308 e. The maximum atomic E-state index is 5.46. The summed E-state index contributed by atoms with van der Waals surface area (Å²) in [6.45, 7) is 6.42. The minimum Gasteiger partial charge on any atom is -0.308 e. The highest BCUT2D eigenvalue weighted by atomic mass is 32.1. The number of aryl methyl sites for hydroxylation is 1. The van der Waals surface area contributed by atoms with Gasteiger partial charge in [-0.3, -0.25) is 0 Å². The Morgan fingerprint density at radius 3 is 2.67 bits per heavy atom. The number of nitrogens with one attached hydrogen (secondary N) is 1. The molecular formula is C13H18N4S. The van der Waals surface area contributed by atoms with Crippen LogP contribution < -0.4 is 11.3 Å². The zero-order chi connectivity index (χ0) is 13.1. The fourth-order valence-electron chi connectivity index (χ4n) is 1.76. The molecule has 0 saturated heterocycles. The van der Waals surface area contributed by atoms with Crippen molar-refractivity contribution in [2.24, 2.45) is 11.8 Å². The third kappa shape index (κ3) is 3.05. The lowest BCUT2D eigenvalue weighted by Crippen LogP contribution is -2.11. The van der Waals surface area contributed by atoms with Crippen LogP contribution in [0.3, 0.4) is 0 Å². The van der Waals surface area contributed by atoms with Crippen LogP contribution in [-0.4, -0.2) is 9.97 Å². The molecule has 0 radical (unpaired) electrons. The van der Waals surface area contributed by atoms with Gasteiger partial charge in [0, 0.05) is 16.6 Å². The van der Waals surface area contributed by atoms with Gasteiger partial charge in [-0.05, 0) is 31.4 Å². The van der Waals surface area contributed by atoms with Crippen LogP contribution in [0.15, 0.2) is 18.2 Å². The first-order chi connectivity index (χ1) is 8.58. The molecule has 96 valence electrons. The summed E-state index contributed by atoms with van der Waals surface area (Å²) in [5.41, 5.74) is 3.63. The predicted molar refractivity (Wildman–Crippen MR) is 76.4 cm³/mol. The number of hydrogen-bond donors (Lipinski definition) is 2. The molecule has 3 N–H and O–H groups in total. The molecule has 2 aromatic rings. The molecule has 18 heavy (non-hydrogen) atoms. The zero-order valence-corrected chi connectivity index (χ0v) is 11.7. The van der Waals surface area contributed by atoms with Crippen LogP contribution in [0.4, 0.5) is 5.82 Å². The number of nitrogen functional groups attached to an aromatic ring is 1. The first kappa shape index (κ1) is 13.0. The first-order valence-electron chi connectivity index (χ1n) is 6.00. The molecule has 0 aliphatic heterocycles. The van der Waals surface area contributed by atoms with Crippen molar-refractivity contribution in [2.45, 2.75) is 27.2 Å². The van der Waals surface area contributed by atoms with Crippen LogP contribution in [0.1, 0.15) is 24.4 Å². The summed E-state index contributed by atoms with van der Waals surface area (Å²) in [5, 5.41) is 0. The molecule has 4 nitrogen and oxygen atoms in total. The number of anilines is 1. The van der Waals surface area contributed by atoms with Crippen molar-refractivity contribution in [3.8, 4) is 10.7 Å². The van der Waals surface area contributed by atoms with Crippen molar-refractivity contribution in [1.29, 1.82) is 0 Å². The van der Waals surface area contributed by atoms with E-state index in [2.05, 4.69) is 48.3 Å². The molecule has 2 heterocycles. The van der Waals surface area contributed by atoms with Crippen molar-refractivity contribution in [1.82, 2.24) is 9.97 Å².